The van der Waals surface area contributed by atoms with Crippen molar-refractivity contribution in [3.63, 3.8) is 0 Å². The number of nitrogens with zero attached hydrogens (tertiary/aromatic N) is 1. The number of hydrogen-bond donors (Lipinski definition) is 2. The molecule has 0 saturated heterocycles. The zero-order chi connectivity index (χ0) is 21.6. The van der Waals surface area contributed by atoms with Crippen molar-refractivity contribution in [2.45, 2.75) is 44.2 Å². The second-order valence-corrected chi connectivity index (χ2v) is 9.94. The molecule has 7 heteroatoms. The molecule has 0 heterocycles. The van der Waals surface area contributed by atoms with Crippen LogP contribution < -0.4 is 10.6 Å². The molecule has 0 spiro atoms. The summed E-state index contributed by atoms with van der Waals surface area (Å²) in [5, 5.41) is 6.23. The molecule has 2 aromatic carbocycles. The smallest absolute Gasteiger partial charge is 0.242 e. The van der Waals surface area contributed by atoms with Gasteiger partial charge >= 0.3 is 0 Å². The van der Waals surface area contributed by atoms with E-state index in [4.69, 9.17) is 0 Å². The van der Waals surface area contributed by atoms with Gasteiger partial charge in [-0.2, -0.15) is 0 Å². The zero-order valence-corrected chi connectivity index (χ0v) is 18.5. The van der Waals surface area contributed by atoms with Crippen LogP contribution in [-0.2, 0) is 14.8 Å². The molecule has 0 radical (unpaired) electrons. The van der Waals surface area contributed by atoms with Crippen LogP contribution in [0.25, 0.3) is 0 Å². The molecule has 2 aromatic rings. The van der Waals surface area contributed by atoms with Gasteiger partial charge in [-0.15, -0.1) is 0 Å². The predicted molar refractivity (Wildman–Crippen MR) is 117 cm³/mol. The summed E-state index contributed by atoms with van der Waals surface area (Å²) in [5.74, 6) is 0.255. The Kier molecular flexibility index (Phi) is 7.96. The Labute approximate surface area is 174 Å². The maximum atomic E-state index is 12.7. The first kappa shape index (κ1) is 23.1. The number of amides is 1. The number of anilines is 1. The first-order valence-electron chi connectivity index (χ1n) is 9.75. The molecule has 0 fully saturated rings. The Morgan fingerprint density at radius 3 is 2.24 bits per heavy atom. The van der Waals surface area contributed by atoms with E-state index in [9.17, 15) is 13.2 Å². The van der Waals surface area contributed by atoms with Crippen LogP contribution in [0.1, 0.15) is 38.8 Å². The standard InChI is InChI=1S/C22H31N3O3S/c1-16(2)14-21(18-10-7-6-8-11-18)23-17(3)22(26)24-19-12-9-13-20(15-19)29(27,28)25(4)5/h6-13,15-17,21,23H,14H2,1-5H3,(H,24,26). The quantitative estimate of drug-likeness (QED) is 0.653. The van der Waals surface area contributed by atoms with Crippen molar-refractivity contribution in [1.82, 2.24) is 9.62 Å². The van der Waals surface area contributed by atoms with Crippen LogP contribution in [0.5, 0.6) is 0 Å². The molecule has 0 bridgehead atoms. The SMILES string of the molecule is CC(C)CC(NC(C)C(=O)Nc1cccc(S(=O)(=O)N(C)C)c1)c1ccccc1. The molecule has 0 aromatic heterocycles. The van der Waals surface area contributed by atoms with Gasteiger partial charge in [0.05, 0.1) is 10.9 Å². The van der Waals surface area contributed by atoms with Crippen LogP contribution >= 0.6 is 0 Å². The third-order valence-electron chi connectivity index (χ3n) is 4.63. The van der Waals surface area contributed by atoms with Crippen molar-refractivity contribution in [3.8, 4) is 0 Å². The lowest BCUT2D eigenvalue weighted by molar-refractivity contribution is -0.118. The molecular weight excluding hydrogens is 386 g/mol. The van der Waals surface area contributed by atoms with E-state index in [1.807, 2.05) is 25.1 Å². The Hall–Kier alpha value is -2.22. The van der Waals surface area contributed by atoms with Crippen LogP contribution in [0.3, 0.4) is 0 Å². The number of hydrogen-bond acceptors (Lipinski definition) is 4. The van der Waals surface area contributed by atoms with Crippen LogP contribution in [0, 0.1) is 5.92 Å². The van der Waals surface area contributed by atoms with Crippen molar-refractivity contribution in [2.75, 3.05) is 19.4 Å². The average molecular weight is 418 g/mol. The fraction of sp³-hybridized carbons (Fsp3) is 0.409. The predicted octanol–water partition coefficient (Wildman–Crippen LogP) is 3.64. The average Bonchev–Trinajstić information content (AvgIpc) is 2.67. The lowest BCUT2D eigenvalue weighted by Crippen LogP contribution is -2.40. The van der Waals surface area contributed by atoms with E-state index < -0.39 is 16.1 Å². The van der Waals surface area contributed by atoms with E-state index in [0.717, 1.165) is 16.3 Å². The summed E-state index contributed by atoms with van der Waals surface area (Å²) in [4.78, 5) is 12.9. The summed E-state index contributed by atoms with van der Waals surface area (Å²) < 4.78 is 25.8. The first-order valence-corrected chi connectivity index (χ1v) is 11.2. The molecule has 158 valence electrons. The molecule has 6 nitrogen and oxygen atoms in total. The minimum atomic E-state index is -3.56. The molecule has 0 aliphatic rings. The number of sulfonamides is 1. The van der Waals surface area contributed by atoms with Crippen molar-refractivity contribution < 1.29 is 13.2 Å². The van der Waals surface area contributed by atoms with Gasteiger partial charge in [-0.3, -0.25) is 10.1 Å². The third kappa shape index (κ3) is 6.39. The monoisotopic (exact) mass is 417 g/mol. The summed E-state index contributed by atoms with van der Waals surface area (Å²) in [6.45, 7) is 6.12. The van der Waals surface area contributed by atoms with Gasteiger partial charge in [-0.05, 0) is 43.0 Å². The summed E-state index contributed by atoms with van der Waals surface area (Å²) in [6, 6.07) is 16.0. The fourth-order valence-electron chi connectivity index (χ4n) is 3.03. The Morgan fingerprint density at radius 2 is 1.66 bits per heavy atom. The topological polar surface area (TPSA) is 78.5 Å². The minimum absolute atomic E-state index is 0.0532. The number of carbonyl (C=O) groups excluding carboxylic acids is 1. The highest BCUT2D eigenvalue weighted by atomic mass is 32.2. The van der Waals surface area contributed by atoms with Gasteiger partial charge in [-0.1, -0.05) is 50.2 Å². The summed E-state index contributed by atoms with van der Waals surface area (Å²) in [6.07, 6.45) is 0.901. The fourth-order valence-corrected chi connectivity index (χ4v) is 3.98. The number of benzene rings is 2. The lowest BCUT2D eigenvalue weighted by atomic mass is 9.96. The minimum Gasteiger partial charge on any atom is -0.325 e. The van der Waals surface area contributed by atoms with E-state index in [1.54, 1.807) is 12.1 Å². The van der Waals surface area contributed by atoms with Gasteiger partial charge in [0.25, 0.3) is 0 Å². The van der Waals surface area contributed by atoms with E-state index >= 15 is 0 Å². The van der Waals surface area contributed by atoms with Crippen molar-refractivity contribution in [3.05, 3.63) is 60.2 Å². The summed E-state index contributed by atoms with van der Waals surface area (Å²) >= 11 is 0. The van der Waals surface area contributed by atoms with Crippen LogP contribution in [0.4, 0.5) is 5.69 Å². The molecule has 2 N–H and O–H groups in total. The Morgan fingerprint density at radius 1 is 1.00 bits per heavy atom. The van der Waals surface area contributed by atoms with Gasteiger partial charge in [-0.25, -0.2) is 12.7 Å². The molecule has 29 heavy (non-hydrogen) atoms. The van der Waals surface area contributed by atoms with Crippen LogP contribution in [-0.4, -0.2) is 38.8 Å². The molecule has 2 atom stereocenters. The highest BCUT2D eigenvalue weighted by molar-refractivity contribution is 7.89. The maximum absolute atomic E-state index is 12.7. The largest absolute Gasteiger partial charge is 0.325 e. The maximum Gasteiger partial charge on any atom is 0.242 e. The molecule has 2 rings (SSSR count). The van der Waals surface area contributed by atoms with E-state index in [0.29, 0.717) is 11.6 Å². The molecule has 2 unspecified atom stereocenters. The van der Waals surface area contributed by atoms with Crippen molar-refractivity contribution in [2.24, 2.45) is 5.92 Å². The van der Waals surface area contributed by atoms with Crippen molar-refractivity contribution in [1.29, 1.82) is 0 Å². The van der Waals surface area contributed by atoms with Crippen LogP contribution in [0.15, 0.2) is 59.5 Å². The molecular formula is C22H31N3O3S. The van der Waals surface area contributed by atoms with Gasteiger partial charge < -0.3 is 5.32 Å². The highest BCUT2D eigenvalue weighted by Crippen LogP contribution is 2.22. The van der Waals surface area contributed by atoms with Crippen molar-refractivity contribution >= 4 is 21.6 Å². The number of nitrogens with one attached hydrogen (secondary N) is 2. The molecule has 1 amide bonds. The van der Waals surface area contributed by atoms with Gasteiger partial charge in [0.15, 0.2) is 0 Å². The number of carbonyl (C=O) groups is 1. The summed E-state index contributed by atoms with van der Waals surface area (Å²) in [7, 11) is -0.603. The summed E-state index contributed by atoms with van der Waals surface area (Å²) in [5.41, 5.74) is 1.59. The zero-order valence-electron chi connectivity index (χ0n) is 17.7. The third-order valence-corrected chi connectivity index (χ3v) is 6.44. The molecule has 0 aliphatic heterocycles. The van der Waals surface area contributed by atoms with E-state index in [2.05, 4.69) is 36.6 Å². The second-order valence-electron chi connectivity index (χ2n) is 7.79. The van der Waals surface area contributed by atoms with Gasteiger partial charge in [0.1, 0.15) is 0 Å². The van der Waals surface area contributed by atoms with Gasteiger partial charge in [0, 0.05) is 25.8 Å². The second kappa shape index (κ2) is 10.0. The Bertz CT molecular complexity index is 912. The molecule has 0 aliphatic carbocycles. The van der Waals surface area contributed by atoms with E-state index in [-0.39, 0.29) is 16.8 Å². The van der Waals surface area contributed by atoms with Crippen LogP contribution in [0.2, 0.25) is 0 Å². The highest BCUT2D eigenvalue weighted by Gasteiger charge is 2.21. The molecule has 0 saturated carbocycles. The first-order chi connectivity index (χ1) is 13.6. The number of rotatable bonds is 9. The van der Waals surface area contributed by atoms with E-state index in [1.165, 1.54) is 26.2 Å². The Balaban J connectivity index is 2.12. The normalized spacial score (nSPS) is 14.0. The van der Waals surface area contributed by atoms with Gasteiger partial charge in [0.2, 0.25) is 15.9 Å². The lowest BCUT2D eigenvalue weighted by Gasteiger charge is -2.25.